The van der Waals surface area contributed by atoms with Crippen molar-refractivity contribution in [2.45, 2.75) is 11.3 Å². The molecule has 110 valence electrons. The Morgan fingerprint density at radius 1 is 1.25 bits per heavy atom. The van der Waals surface area contributed by atoms with Gasteiger partial charge in [0.25, 0.3) is 0 Å². The second-order valence-corrected chi connectivity index (χ2v) is 6.21. The Labute approximate surface area is 116 Å². The van der Waals surface area contributed by atoms with Crippen LogP contribution in [0.15, 0.2) is 17.0 Å². The normalized spacial score (nSPS) is 15.5. The van der Waals surface area contributed by atoms with E-state index in [1.54, 1.807) is 0 Å². The number of hydrogen-bond acceptors (Lipinski definition) is 5. The zero-order valence-electron chi connectivity index (χ0n) is 11.1. The summed E-state index contributed by atoms with van der Waals surface area (Å²) in [6, 6.07) is 2.37. The number of carbonyl (C=O) groups is 1. The maximum absolute atomic E-state index is 12.3. The fraction of sp³-hybridized carbons (Fsp3) is 0.417. The SMILES string of the molecule is COc1cc(S(=O)(=O)N2CCC2)cc(C(=O)O)c1OC. The Hall–Kier alpha value is -1.80. The van der Waals surface area contributed by atoms with Crippen molar-refractivity contribution >= 4 is 16.0 Å². The van der Waals surface area contributed by atoms with E-state index in [0.717, 1.165) is 12.5 Å². The van der Waals surface area contributed by atoms with E-state index in [4.69, 9.17) is 9.47 Å². The fourth-order valence-corrected chi connectivity index (χ4v) is 3.48. The van der Waals surface area contributed by atoms with Crippen LogP contribution < -0.4 is 9.47 Å². The Morgan fingerprint density at radius 3 is 2.30 bits per heavy atom. The number of carboxylic acid groups (broad SMARTS) is 1. The van der Waals surface area contributed by atoms with Gasteiger partial charge < -0.3 is 14.6 Å². The number of benzene rings is 1. The first-order chi connectivity index (χ1) is 9.41. The maximum Gasteiger partial charge on any atom is 0.339 e. The van der Waals surface area contributed by atoms with Gasteiger partial charge >= 0.3 is 5.97 Å². The zero-order valence-corrected chi connectivity index (χ0v) is 11.9. The second-order valence-electron chi connectivity index (χ2n) is 4.27. The predicted octanol–water partition coefficient (Wildman–Crippen LogP) is 0.796. The van der Waals surface area contributed by atoms with Crippen LogP contribution in [0.3, 0.4) is 0 Å². The fourth-order valence-electron chi connectivity index (χ4n) is 1.92. The van der Waals surface area contributed by atoms with Crippen molar-refractivity contribution in [1.29, 1.82) is 0 Å². The number of nitrogens with zero attached hydrogens (tertiary/aromatic N) is 1. The van der Waals surface area contributed by atoms with E-state index in [0.29, 0.717) is 13.1 Å². The Balaban J connectivity index is 2.60. The molecular weight excluding hydrogens is 286 g/mol. The van der Waals surface area contributed by atoms with Gasteiger partial charge in [0.1, 0.15) is 5.56 Å². The van der Waals surface area contributed by atoms with Crippen LogP contribution in [0.25, 0.3) is 0 Å². The number of rotatable bonds is 5. The summed E-state index contributed by atoms with van der Waals surface area (Å²) in [5, 5.41) is 9.17. The molecule has 7 nitrogen and oxygen atoms in total. The Morgan fingerprint density at radius 2 is 1.90 bits per heavy atom. The van der Waals surface area contributed by atoms with Crippen LogP contribution >= 0.6 is 0 Å². The first kappa shape index (κ1) is 14.6. The lowest BCUT2D eigenvalue weighted by atomic mass is 10.2. The van der Waals surface area contributed by atoms with Gasteiger partial charge in [-0.3, -0.25) is 0 Å². The van der Waals surface area contributed by atoms with Crippen molar-refractivity contribution in [3.63, 3.8) is 0 Å². The van der Waals surface area contributed by atoms with Gasteiger partial charge in [-0.25, -0.2) is 13.2 Å². The minimum atomic E-state index is -3.68. The number of ether oxygens (including phenoxy) is 2. The van der Waals surface area contributed by atoms with Gasteiger partial charge in [-0.1, -0.05) is 0 Å². The van der Waals surface area contributed by atoms with Crippen molar-refractivity contribution in [2.24, 2.45) is 0 Å². The number of carboxylic acids is 1. The van der Waals surface area contributed by atoms with Gasteiger partial charge in [0.2, 0.25) is 10.0 Å². The summed E-state index contributed by atoms with van der Waals surface area (Å²) in [5.74, 6) is -1.20. The lowest BCUT2D eigenvalue weighted by Crippen LogP contribution is -2.41. The Kier molecular flexibility index (Phi) is 3.87. The molecule has 1 saturated heterocycles. The summed E-state index contributed by atoms with van der Waals surface area (Å²) >= 11 is 0. The van der Waals surface area contributed by atoms with Crippen LogP contribution in [0.5, 0.6) is 11.5 Å². The second kappa shape index (κ2) is 5.29. The van der Waals surface area contributed by atoms with Gasteiger partial charge in [0.15, 0.2) is 11.5 Å². The highest BCUT2D eigenvalue weighted by molar-refractivity contribution is 7.89. The largest absolute Gasteiger partial charge is 0.493 e. The monoisotopic (exact) mass is 301 g/mol. The van der Waals surface area contributed by atoms with Crippen LogP contribution in [0.4, 0.5) is 0 Å². The third-order valence-electron chi connectivity index (χ3n) is 3.14. The van der Waals surface area contributed by atoms with Crippen molar-refractivity contribution in [3.05, 3.63) is 17.7 Å². The van der Waals surface area contributed by atoms with Crippen molar-refractivity contribution in [3.8, 4) is 11.5 Å². The summed E-state index contributed by atoms with van der Waals surface area (Å²) in [5.41, 5.74) is -0.244. The molecule has 20 heavy (non-hydrogen) atoms. The lowest BCUT2D eigenvalue weighted by Gasteiger charge is -2.30. The molecule has 1 aliphatic rings. The first-order valence-electron chi connectivity index (χ1n) is 5.91. The molecule has 2 rings (SSSR count). The standard InChI is InChI=1S/C12H15NO6S/c1-18-10-7-8(20(16,17)13-4-3-5-13)6-9(12(14)15)11(10)19-2/h6-7H,3-5H2,1-2H3,(H,14,15). The van der Waals surface area contributed by atoms with E-state index in [-0.39, 0.29) is 22.0 Å². The summed E-state index contributed by atoms with van der Waals surface area (Å²) in [6.45, 7) is 0.887. The highest BCUT2D eigenvalue weighted by atomic mass is 32.2. The molecule has 1 aliphatic heterocycles. The van der Waals surface area contributed by atoms with Gasteiger partial charge in [-0.2, -0.15) is 4.31 Å². The van der Waals surface area contributed by atoms with Crippen molar-refractivity contribution in [2.75, 3.05) is 27.3 Å². The summed E-state index contributed by atoms with van der Waals surface area (Å²) in [6.07, 6.45) is 0.804. The van der Waals surface area contributed by atoms with E-state index in [9.17, 15) is 18.3 Å². The smallest absolute Gasteiger partial charge is 0.339 e. The summed E-state index contributed by atoms with van der Waals surface area (Å²) < 4.78 is 35.9. The van der Waals surface area contributed by atoms with Gasteiger partial charge in [-0.05, 0) is 12.5 Å². The Bertz CT molecular complexity index is 636. The molecule has 0 atom stereocenters. The maximum atomic E-state index is 12.3. The molecule has 0 radical (unpaired) electrons. The topological polar surface area (TPSA) is 93.1 Å². The van der Waals surface area contributed by atoms with Crippen LogP contribution in [-0.2, 0) is 10.0 Å². The molecule has 0 unspecified atom stereocenters. The average Bonchev–Trinajstić information content (AvgIpc) is 2.34. The van der Waals surface area contributed by atoms with Gasteiger partial charge in [0, 0.05) is 19.2 Å². The molecule has 0 aromatic heterocycles. The number of aromatic carboxylic acids is 1. The highest BCUT2D eigenvalue weighted by Crippen LogP contribution is 2.35. The van der Waals surface area contributed by atoms with E-state index in [1.807, 2.05) is 0 Å². The molecule has 1 aromatic carbocycles. The van der Waals surface area contributed by atoms with Crippen molar-refractivity contribution < 1.29 is 27.8 Å². The quantitative estimate of drug-likeness (QED) is 0.864. The molecule has 0 spiro atoms. The van der Waals surface area contributed by atoms with Crippen LogP contribution in [0.2, 0.25) is 0 Å². The minimum Gasteiger partial charge on any atom is -0.493 e. The van der Waals surface area contributed by atoms with Gasteiger partial charge in [0.05, 0.1) is 19.1 Å². The van der Waals surface area contributed by atoms with Gasteiger partial charge in [-0.15, -0.1) is 0 Å². The van der Waals surface area contributed by atoms with E-state index < -0.39 is 16.0 Å². The molecular formula is C12H15NO6S. The van der Waals surface area contributed by atoms with Crippen LogP contribution in [0, 0.1) is 0 Å². The van der Waals surface area contributed by atoms with E-state index >= 15 is 0 Å². The molecule has 0 amide bonds. The summed E-state index contributed by atoms with van der Waals surface area (Å²) in [4.78, 5) is 11.1. The average molecular weight is 301 g/mol. The number of sulfonamides is 1. The molecule has 1 fully saturated rings. The molecule has 0 aliphatic carbocycles. The minimum absolute atomic E-state index is 0.00237. The molecule has 1 heterocycles. The molecule has 1 N–H and O–H groups in total. The third-order valence-corrected chi connectivity index (χ3v) is 5.01. The molecule has 0 saturated carbocycles. The predicted molar refractivity (Wildman–Crippen MR) is 69.9 cm³/mol. The third kappa shape index (κ3) is 2.32. The van der Waals surface area contributed by atoms with Crippen LogP contribution in [0.1, 0.15) is 16.8 Å². The van der Waals surface area contributed by atoms with E-state index in [1.165, 1.54) is 24.6 Å². The molecule has 0 bridgehead atoms. The first-order valence-corrected chi connectivity index (χ1v) is 7.35. The zero-order chi connectivity index (χ0) is 14.9. The van der Waals surface area contributed by atoms with Crippen LogP contribution in [-0.4, -0.2) is 51.1 Å². The van der Waals surface area contributed by atoms with E-state index in [2.05, 4.69) is 0 Å². The number of methoxy groups -OCH3 is 2. The molecule has 1 aromatic rings. The van der Waals surface area contributed by atoms with Crippen molar-refractivity contribution in [1.82, 2.24) is 4.31 Å². The molecule has 8 heteroatoms. The highest BCUT2D eigenvalue weighted by Gasteiger charge is 2.31. The number of hydrogen-bond donors (Lipinski definition) is 1. The lowest BCUT2D eigenvalue weighted by molar-refractivity contribution is 0.0692. The summed E-state index contributed by atoms with van der Waals surface area (Å²) in [7, 11) is -1.06.